The van der Waals surface area contributed by atoms with E-state index in [1.54, 1.807) is 6.07 Å². The number of hydrogen-bond donors (Lipinski definition) is 2. The van der Waals surface area contributed by atoms with Crippen molar-refractivity contribution in [1.82, 2.24) is 4.98 Å². The predicted octanol–water partition coefficient (Wildman–Crippen LogP) is -1.75. The third kappa shape index (κ3) is 6.39. The number of furan rings is 1. The molecule has 2 heterocycles. The number of rotatable bonds is 3. The molecule has 2 rings (SSSR count). The van der Waals surface area contributed by atoms with Gasteiger partial charge in [-0.3, -0.25) is 0 Å². The number of carbonyl (C=O) groups is 2. The number of carboxylic acid groups (broad SMARTS) is 2. The van der Waals surface area contributed by atoms with Crippen LogP contribution in [0.5, 0.6) is 0 Å². The molecule has 98 valence electrons. The minimum atomic E-state index is -0.976. The molecule has 0 saturated carbocycles. The van der Waals surface area contributed by atoms with Gasteiger partial charge in [-0.15, -0.1) is 0 Å². The van der Waals surface area contributed by atoms with Crippen molar-refractivity contribution >= 4 is 23.0 Å². The van der Waals surface area contributed by atoms with Gasteiger partial charge in [0.1, 0.15) is 5.69 Å². The van der Waals surface area contributed by atoms with E-state index in [1.807, 2.05) is 13.8 Å². The van der Waals surface area contributed by atoms with Gasteiger partial charge >= 0.3 is 57.4 Å². The number of nitrogens with one attached hydrogen (secondary N) is 1. The maximum atomic E-state index is 10.4. The first kappa shape index (κ1) is 18.4. The van der Waals surface area contributed by atoms with Crippen molar-refractivity contribution in [3.8, 4) is 0 Å². The molecule has 2 aromatic rings. The monoisotopic (exact) mass is 291 g/mol. The van der Waals surface area contributed by atoms with Crippen molar-refractivity contribution in [2.45, 2.75) is 20.3 Å². The Balaban J connectivity index is 0.000000360. The van der Waals surface area contributed by atoms with E-state index in [0.717, 1.165) is 0 Å². The van der Waals surface area contributed by atoms with E-state index in [1.165, 1.54) is 12.3 Å². The summed E-state index contributed by atoms with van der Waals surface area (Å²) >= 11 is 0. The summed E-state index contributed by atoms with van der Waals surface area (Å²) in [6.45, 7) is 3.69. The topological polar surface area (TPSA) is 106 Å². The van der Waals surface area contributed by atoms with E-state index in [4.69, 9.17) is 9.52 Å². The average molecular weight is 291 g/mol. The fourth-order valence-electron chi connectivity index (χ4n) is 1.30. The molecule has 0 fully saturated rings. The number of aromatic amines is 1. The van der Waals surface area contributed by atoms with Crippen molar-refractivity contribution in [3.63, 3.8) is 0 Å². The molecule has 2 N–H and O–H groups in total. The molecule has 0 saturated heterocycles. The molecule has 7 heteroatoms. The third-order valence-corrected chi connectivity index (χ3v) is 2.05. The summed E-state index contributed by atoms with van der Waals surface area (Å²) in [6.07, 6.45) is 1.67. The Hall–Kier alpha value is -0.604. The van der Waals surface area contributed by atoms with Gasteiger partial charge in [-0.25, -0.2) is 4.79 Å². The molecule has 0 atom stereocenters. The number of carboxylic acids is 2. The Bertz CT molecular complexity index is 515. The SMILES string of the molecule is CC(C)CC(=O)[O-].O=C(O)c1cc2occc2[nH]1.[K+]. The molecule has 0 radical (unpaired) electrons. The quantitative estimate of drug-likeness (QED) is 0.652. The van der Waals surface area contributed by atoms with Gasteiger partial charge in [0.25, 0.3) is 0 Å². The van der Waals surface area contributed by atoms with Gasteiger partial charge in [0, 0.05) is 18.1 Å². The first-order valence-corrected chi connectivity index (χ1v) is 5.39. The standard InChI is InChI=1S/C7H5NO3.C5H10O2.K/c9-7(10)5-3-6-4(8-5)1-2-11-6;1-4(2)3-5(6)7;/h1-3,8H,(H,9,10);4H,3H2,1-2H3,(H,6,7);/q;;+1/p-1. The number of hydrogen-bond acceptors (Lipinski definition) is 4. The third-order valence-electron chi connectivity index (χ3n) is 2.05. The van der Waals surface area contributed by atoms with Gasteiger partial charge in [0.15, 0.2) is 5.58 Å². The van der Waals surface area contributed by atoms with Gasteiger partial charge in [0.2, 0.25) is 0 Å². The average Bonchev–Trinajstić information content (AvgIpc) is 2.73. The predicted molar refractivity (Wildman–Crippen MR) is 62.0 cm³/mol. The zero-order chi connectivity index (χ0) is 13.7. The Morgan fingerprint density at radius 2 is 2.11 bits per heavy atom. The van der Waals surface area contributed by atoms with Crippen LogP contribution in [0.2, 0.25) is 0 Å². The summed E-state index contributed by atoms with van der Waals surface area (Å²) < 4.78 is 4.95. The first-order valence-electron chi connectivity index (χ1n) is 5.39. The Morgan fingerprint density at radius 3 is 2.47 bits per heavy atom. The molecule has 0 amide bonds. The molecule has 0 unspecified atom stereocenters. The summed E-state index contributed by atoms with van der Waals surface area (Å²) in [5, 5.41) is 18.2. The summed E-state index contributed by atoms with van der Waals surface area (Å²) in [5.74, 6) is -1.73. The molecular formula is C12H14KNO5. The van der Waals surface area contributed by atoms with Crippen LogP contribution >= 0.6 is 0 Å². The Kier molecular flexibility index (Phi) is 8.27. The van der Waals surface area contributed by atoms with Crippen molar-refractivity contribution in [2.24, 2.45) is 5.92 Å². The zero-order valence-corrected chi connectivity index (χ0v) is 14.2. The molecule has 0 spiro atoms. The number of carbonyl (C=O) groups excluding carboxylic acids is 1. The van der Waals surface area contributed by atoms with E-state index in [2.05, 4.69) is 4.98 Å². The first-order chi connectivity index (χ1) is 8.40. The molecule has 0 bridgehead atoms. The molecule has 19 heavy (non-hydrogen) atoms. The normalized spacial score (nSPS) is 9.63. The van der Waals surface area contributed by atoms with Gasteiger partial charge in [-0.2, -0.15) is 0 Å². The summed E-state index contributed by atoms with van der Waals surface area (Å²) in [6, 6.07) is 3.14. The van der Waals surface area contributed by atoms with Crippen molar-refractivity contribution in [1.29, 1.82) is 0 Å². The number of aromatic nitrogens is 1. The van der Waals surface area contributed by atoms with Gasteiger partial charge < -0.3 is 24.4 Å². The van der Waals surface area contributed by atoms with Crippen LogP contribution in [0.4, 0.5) is 0 Å². The summed E-state index contributed by atoms with van der Waals surface area (Å²) in [5.41, 5.74) is 1.43. The van der Waals surface area contributed by atoms with Crippen LogP contribution in [0.15, 0.2) is 22.8 Å². The molecule has 2 aromatic heterocycles. The second-order valence-electron chi connectivity index (χ2n) is 4.16. The molecule has 0 aromatic carbocycles. The fourth-order valence-corrected chi connectivity index (χ4v) is 1.30. The van der Waals surface area contributed by atoms with Crippen molar-refractivity contribution < 1.29 is 75.6 Å². The van der Waals surface area contributed by atoms with Crippen LogP contribution in [0.25, 0.3) is 11.1 Å². The van der Waals surface area contributed by atoms with Gasteiger partial charge in [-0.05, 0) is 12.3 Å². The second-order valence-corrected chi connectivity index (χ2v) is 4.16. The molecule has 6 nitrogen and oxygen atoms in total. The van der Waals surface area contributed by atoms with E-state index in [9.17, 15) is 14.7 Å². The van der Waals surface area contributed by atoms with Crippen LogP contribution < -0.4 is 56.5 Å². The largest absolute Gasteiger partial charge is 1.00 e. The molecule has 0 aliphatic heterocycles. The molecule has 0 aliphatic carbocycles. The van der Waals surface area contributed by atoms with Crippen LogP contribution in [0, 0.1) is 5.92 Å². The minimum Gasteiger partial charge on any atom is -0.550 e. The molecule has 0 aliphatic rings. The number of aliphatic carboxylic acids is 1. The van der Waals surface area contributed by atoms with Crippen LogP contribution in [-0.4, -0.2) is 22.0 Å². The van der Waals surface area contributed by atoms with Gasteiger partial charge in [-0.1, -0.05) is 13.8 Å². The number of H-pyrrole nitrogens is 1. The van der Waals surface area contributed by atoms with Gasteiger partial charge in [0.05, 0.1) is 11.8 Å². The van der Waals surface area contributed by atoms with E-state index in [-0.39, 0.29) is 69.4 Å². The van der Waals surface area contributed by atoms with Crippen molar-refractivity contribution in [2.75, 3.05) is 0 Å². The maximum Gasteiger partial charge on any atom is 1.00 e. The maximum absolute atomic E-state index is 10.4. The zero-order valence-electron chi connectivity index (χ0n) is 11.1. The molecular weight excluding hydrogens is 277 g/mol. The van der Waals surface area contributed by atoms with Crippen LogP contribution in [0.1, 0.15) is 30.8 Å². The van der Waals surface area contributed by atoms with E-state index in [0.29, 0.717) is 11.1 Å². The minimum absolute atomic E-state index is 0. The van der Waals surface area contributed by atoms with Crippen molar-refractivity contribution in [3.05, 3.63) is 24.1 Å². The fraction of sp³-hybridized carbons (Fsp3) is 0.333. The van der Waals surface area contributed by atoms with E-state index >= 15 is 0 Å². The smallest absolute Gasteiger partial charge is 0.550 e. The summed E-state index contributed by atoms with van der Waals surface area (Å²) in [7, 11) is 0. The number of fused-ring (bicyclic) bond motifs is 1. The van der Waals surface area contributed by atoms with Crippen LogP contribution in [0.3, 0.4) is 0 Å². The second kappa shape index (κ2) is 8.54. The van der Waals surface area contributed by atoms with E-state index < -0.39 is 11.9 Å². The van der Waals surface area contributed by atoms with Crippen LogP contribution in [-0.2, 0) is 4.79 Å². The Morgan fingerprint density at radius 1 is 1.47 bits per heavy atom. The number of aromatic carboxylic acids is 1. The summed E-state index contributed by atoms with van der Waals surface area (Å²) in [4.78, 5) is 22.8. The Labute approximate surface area is 152 Å².